The average Bonchev–Trinajstić information content (AvgIpc) is 3.26. The Labute approximate surface area is 199 Å². The second-order valence-electron chi connectivity index (χ2n) is 8.31. The van der Waals surface area contributed by atoms with Crippen molar-refractivity contribution in [3.63, 3.8) is 0 Å². The van der Waals surface area contributed by atoms with Gasteiger partial charge in [-0.25, -0.2) is 4.98 Å². The van der Waals surface area contributed by atoms with Crippen molar-refractivity contribution in [2.45, 2.75) is 32.7 Å². The van der Waals surface area contributed by atoms with Gasteiger partial charge < -0.3 is 20.1 Å². The van der Waals surface area contributed by atoms with Gasteiger partial charge in [0.15, 0.2) is 0 Å². The van der Waals surface area contributed by atoms with Crippen molar-refractivity contribution in [2.24, 2.45) is 0 Å². The van der Waals surface area contributed by atoms with Crippen molar-refractivity contribution in [3.8, 4) is 16.9 Å². The first-order chi connectivity index (χ1) is 16.5. The van der Waals surface area contributed by atoms with Crippen LogP contribution in [-0.4, -0.2) is 40.2 Å². The van der Waals surface area contributed by atoms with E-state index in [1.807, 2.05) is 43.5 Å². The highest BCUT2D eigenvalue weighted by atomic mass is 19.1. The Morgan fingerprint density at radius 2 is 2.06 bits per heavy atom. The van der Waals surface area contributed by atoms with Gasteiger partial charge in [-0.3, -0.25) is 4.79 Å². The number of fused-ring (bicyclic) bond motifs is 1. The van der Waals surface area contributed by atoms with Crippen LogP contribution in [0.4, 0.5) is 4.39 Å². The normalized spacial score (nSPS) is 12.0. The highest BCUT2D eigenvalue weighted by molar-refractivity contribution is 5.98. The minimum absolute atomic E-state index is 0. The standard InChI is InChI=1S/C27H28FN3O3.H2/c1-3-10-34-25-9-8-18(19-11-17(2)26(28)30-14-19)13-23(25)27(33)31-21(16-32)12-20-15-29-24-7-5-4-6-22(20)24;/h4-9,11,13-15,21,29,32H,3,10,12,16H2,1-2H3,(H,31,33);1H/t21-;/m0./s1. The van der Waals surface area contributed by atoms with Crippen LogP contribution >= 0.6 is 0 Å². The fourth-order valence-corrected chi connectivity index (χ4v) is 3.93. The number of nitrogens with zero attached hydrogens (tertiary/aromatic N) is 1. The lowest BCUT2D eigenvalue weighted by Gasteiger charge is -2.18. The Balaban J connectivity index is 0.00000342. The minimum Gasteiger partial charge on any atom is -0.493 e. The number of carbonyl (C=O) groups excluding carboxylic acids is 1. The summed E-state index contributed by atoms with van der Waals surface area (Å²) in [5.41, 5.74) is 4.22. The summed E-state index contributed by atoms with van der Waals surface area (Å²) in [5, 5.41) is 14.0. The summed E-state index contributed by atoms with van der Waals surface area (Å²) in [6.07, 6.45) is 4.61. The van der Waals surface area contributed by atoms with E-state index in [4.69, 9.17) is 4.74 Å². The molecule has 2 aromatic heterocycles. The van der Waals surface area contributed by atoms with E-state index in [0.29, 0.717) is 35.5 Å². The molecule has 0 aliphatic carbocycles. The Morgan fingerprint density at radius 1 is 1.24 bits per heavy atom. The number of hydrogen-bond donors (Lipinski definition) is 3. The number of carbonyl (C=O) groups is 1. The first-order valence-electron chi connectivity index (χ1n) is 11.4. The number of hydrogen-bond acceptors (Lipinski definition) is 4. The molecular formula is C27H30FN3O3. The number of H-pyrrole nitrogens is 1. The molecule has 0 fully saturated rings. The van der Waals surface area contributed by atoms with Gasteiger partial charge in [-0.15, -0.1) is 0 Å². The largest absolute Gasteiger partial charge is 0.493 e. The number of aryl methyl sites for hydroxylation is 1. The Kier molecular flexibility index (Phi) is 7.23. The molecule has 2 heterocycles. The Hall–Kier alpha value is -3.71. The molecule has 4 aromatic rings. The molecule has 1 amide bonds. The monoisotopic (exact) mass is 463 g/mol. The van der Waals surface area contributed by atoms with Crippen LogP contribution in [0.2, 0.25) is 0 Å². The lowest BCUT2D eigenvalue weighted by atomic mass is 10.0. The number of pyridine rings is 1. The van der Waals surface area contributed by atoms with E-state index in [9.17, 15) is 14.3 Å². The maximum absolute atomic E-state index is 13.6. The van der Waals surface area contributed by atoms with Crippen LogP contribution < -0.4 is 10.1 Å². The predicted molar refractivity (Wildman–Crippen MR) is 133 cm³/mol. The number of aromatic amines is 1. The van der Waals surface area contributed by atoms with Crippen LogP contribution in [0, 0.1) is 12.9 Å². The van der Waals surface area contributed by atoms with Gasteiger partial charge in [0, 0.05) is 35.9 Å². The molecule has 0 spiro atoms. The number of ether oxygens (including phenoxy) is 1. The third-order valence-electron chi connectivity index (χ3n) is 5.73. The third-order valence-corrected chi connectivity index (χ3v) is 5.73. The van der Waals surface area contributed by atoms with Crippen molar-refractivity contribution < 1.29 is 20.5 Å². The highest BCUT2D eigenvalue weighted by Gasteiger charge is 2.20. The fraction of sp³-hybridized carbons (Fsp3) is 0.259. The molecule has 6 nitrogen and oxygen atoms in total. The Bertz CT molecular complexity index is 1310. The Morgan fingerprint density at radius 3 is 2.82 bits per heavy atom. The highest BCUT2D eigenvalue weighted by Crippen LogP contribution is 2.28. The predicted octanol–water partition coefficient (Wildman–Crippen LogP) is 5.05. The van der Waals surface area contributed by atoms with Gasteiger partial charge in [-0.2, -0.15) is 4.39 Å². The van der Waals surface area contributed by atoms with Crippen LogP contribution in [-0.2, 0) is 6.42 Å². The van der Waals surface area contributed by atoms with Crippen molar-refractivity contribution in [3.05, 3.63) is 83.6 Å². The molecule has 0 saturated carbocycles. The lowest BCUT2D eigenvalue weighted by Crippen LogP contribution is -2.39. The molecule has 2 aromatic carbocycles. The smallest absolute Gasteiger partial charge is 0.255 e. The van der Waals surface area contributed by atoms with Crippen molar-refractivity contribution in [1.29, 1.82) is 0 Å². The van der Waals surface area contributed by atoms with E-state index in [0.717, 1.165) is 28.5 Å². The summed E-state index contributed by atoms with van der Waals surface area (Å²) < 4.78 is 19.5. The summed E-state index contributed by atoms with van der Waals surface area (Å²) in [7, 11) is 0. The van der Waals surface area contributed by atoms with Gasteiger partial charge in [-0.1, -0.05) is 31.2 Å². The first kappa shape index (κ1) is 23.4. The molecule has 0 bridgehead atoms. The van der Waals surface area contributed by atoms with E-state index in [1.165, 1.54) is 6.20 Å². The summed E-state index contributed by atoms with van der Waals surface area (Å²) in [5.74, 6) is -0.412. The molecular weight excluding hydrogens is 433 g/mol. The molecule has 1 atom stereocenters. The number of halogens is 1. The van der Waals surface area contributed by atoms with Crippen LogP contribution in [0.25, 0.3) is 22.0 Å². The van der Waals surface area contributed by atoms with Gasteiger partial charge >= 0.3 is 0 Å². The van der Waals surface area contributed by atoms with Crippen LogP contribution in [0.1, 0.15) is 36.3 Å². The zero-order valence-electron chi connectivity index (χ0n) is 19.3. The van der Waals surface area contributed by atoms with E-state index >= 15 is 0 Å². The quantitative estimate of drug-likeness (QED) is 0.303. The topological polar surface area (TPSA) is 87.2 Å². The van der Waals surface area contributed by atoms with E-state index in [2.05, 4.69) is 15.3 Å². The number of aliphatic hydroxyl groups is 1. The summed E-state index contributed by atoms with van der Waals surface area (Å²) in [6.45, 7) is 3.89. The molecule has 178 valence electrons. The molecule has 0 aliphatic rings. The lowest BCUT2D eigenvalue weighted by molar-refractivity contribution is 0.0912. The number of rotatable bonds is 9. The van der Waals surface area contributed by atoms with Gasteiger partial charge in [0.1, 0.15) is 5.75 Å². The van der Waals surface area contributed by atoms with Gasteiger partial charge in [0.2, 0.25) is 5.95 Å². The first-order valence-corrected chi connectivity index (χ1v) is 11.4. The van der Waals surface area contributed by atoms with Gasteiger partial charge in [0.25, 0.3) is 5.91 Å². The maximum Gasteiger partial charge on any atom is 0.255 e. The molecule has 0 unspecified atom stereocenters. The zero-order valence-corrected chi connectivity index (χ0v) is 19.3. The van der Waals surface area contributed by atoms with Gasteiger partial charge in [-0.05, 0) is 55.2 Å². The molecule has 0 radical (unpaired) electrons. The number of amides is 1. The van der Waals surface area contributed by atoms with Gasteiger partial charge in [0.05, 0.1) is 24.8 Å². The summed E-state index contributed by atoms with van der Waals surface area (Å²) in [4.78, 5) is 20.3. The zero-order chi connectivity index (χ0) is 24.1. The molecule has 3 N–H and O–H groups in total. The molecule has 0 aliphatic heterocycles. The minimum atomic E-state index is -0.521. The van der Waals surface area contributed by atoms with Crippen LogP contribution in [0.3, 0.4) is 0 Å². The van der Waals surface area contributed by atoms with Crippen molar-refractivity contribution >= 4 is 16.8 Å². The van der Waals surface area contributed by atoms with Crippen LogP contribution in [0.15, 0.2) is 60.9 Å². The maximum atomic E-state index is 13.6. The van der Waals surface area contributed by atoms with Crippen molar-refractivity contribution in [2.75, 3.05) is 13.2 Å². The van der Waals surface area contributed by atoms with E-state index < -0.39 is 12.0 Å². The molecule has 34 heavy (non-hydrogen) atoms. The number of nitrogens with one attached hydrogen (secondary N) is 2. The van der Waals surface area contributed by atoms with E-state index in [-0.39, 0.29) is 13.9 Å². The second-order valence-corrected chi connectivity index (χ2v) is 8.31. The summed E-state index contributed by atoms with van der Waals surface area (Å²) in [6, 6.07) is 14.4. The number of aliphatic hydroxyl groups excluding tert-OH is 1. The molecule has 4 rings (SSSR count). The molecule has 7 heteroatoms. The number of benzene rings is 2. The van der Waals surface area contributed by atoms with Crippen molar-refractivity contribution in [1.82, 2.24) is 15.3 Å². The third kappa shape index (κ3) is 5.10. The summed E-state index contributed by atoms with van der Waals surface area (Å²) >= 11 is 0. The SMILES string of the molecule is CCCOc1ccc(-c2cnc(F)c(C)c2)cc1C(=O)N[C@H](CO)Cc1c[nH]c2ccccc12.[HH]. The average molecular weight is 464 g/mol. The second kappa shape index (κ2) is 10.5. The van der Waals surface area contributed by atoms with Crippen LogP contribution in [0.5, 0.6) is 5.75 Å². The van der Waals surface area contributed by atoms with E-state index in [1.54, 1.807) is 25.1 Å². The fourth-order valence-electron chi connectivity index (χ4n) is 3.93. The molecule has 0 saturated heterocycles. The number of aromatic nitrogens is 2. The number of para-hydroxylation sites is 1.